The Balaban J connectivity index is 1.91. The summed E-state index contributed by atoms with van der Waals surface area (Å²) in [6.07, 6.45) is 3.80. The highest BCUT2D eigenvalue weighted by atomic mass is 16.5. The van der Waals surface area contributed by atoms with E-state index in [0.717, 1.165) is 10.5 Å². The molecule has 0 N–H and O–H groups in total. The van der Waals surface area contributed by atoms with E-state index in [1.165, 1.54) is 6.08 Å². The van der Waals surface area contributed by atoms with E-state index < -0.39 is 18.5 Å². The molecule has 0 bridgehead atoms. The van der Waals surface area contributed by atoms with E-state index in [9.17, 15) is 14.4 Å². The Hall–Kier alpha value is -2.83. The lowest BCUT2D eigenvalue weighted by Crippen LogP contribution is -2.35. The first-order valence-electron chi connectivity index (χ1n) is 8.62. The lowest BCUT2D eigenvalue weighted by molar-refractivity contribution is -0.151. The molecule has 0 radical (unpaired) electrons. The van der Waals surface area contributed by atoms with Crippen LogP contribution in [-0.4, -0.2) is 49.0 Å². The zero-order valence-electron chi connectivity index (χ0n) is 15.0. The third kappa shape index (κ3) is 5.34. The average molecular weight is 361 g/mol. The first-order valence-corrected chi connectivity index (χ1v) is 8.62. The first kappa shape index (κ1) is 19.5. The van der Waals surface area contributed by atoms with Gasteiger partial charge in [0.25, 0.3) is 5.91 Å². The van der Waals surface area contributed by atoms with Crippen LogP contribution in [-0.2, 0) is 19.1 Å². The predicted octanol–water partition coefficient (Wildman–Crippen LogP) is 2.19. The van der Waals surface area contributed by atoms with Crippen LogP contribution in [0.15, 0.2) is 24.3 Å². The molecule has 0 aromatic heterocycles. The summed E-state index contributed by atoms with van der Waals surface area (Å²) in [5.74, 6) is -0.146. The fraction of sp³-hybridized carbons (Fsp3) is 0.421. The van der Waals surface area contributed by atoms with E-state index in [1.807, 2.05) is 13.8 Å². The van der Waals surface area contributed by atoms with Gasteiger partial charge in [0, 0.05) is 19.0 Å². The molecule has 1 heterocycles. The smallest absolute Gasteiger partial charge is 0.331 e. The van der Waals surface area contributed by atoms with Gasteiger partial charge in [-0.3, -0.25) is 14.5 Å². The Bertz CT molecular complexity index is 697. The van der Waals surface area contributed by atoms with Crippen molar-refractivity contribution < 1.29 is 28.6 Å². The van der Waals surface area contributed by atoms with Crippen molar-refractivity contribution in [1.82, 2.24) is 4.90 Å². The van der Waals surface area contributed by atoms with Crippen LogP contribution in [0.3, 0.4) is 0 Å². The third-order valence-corrected chi connectivity index (χ3v) is 3.69. The summed E-state index contributed by atoms with van der Waals surface area (Å²) < 4.78 is 15.9. The number of amides is 2. The Morgan fingerprint density at radius 1 is 1.15 bits per heavy atom. The van der Waals surface area contributed by atoms with E-state index in [1.54, 1.807) is 24.3 Å². The van der Waals surface area contributed by atoms with Crippen LogP contribution in [0.2, 0.25) is 0 Å². The molecule has 1 fully saturated rings. The molecule has 0 saturated carbocycles. The van der Waals surface area contributed by atoms with Crippen molar-refractivity contribution in [3.8, 4) is 11.5 Å². The minimum atomic E-state index is -0.656. The van der Waals surface area contributed by atoms with E-state index in [-0.39, 0.29) is 5.91 Å². The number of rotatable bonds is 8. The van der Waals surface area contributed by atoms with Crippen molar-refractivity contribution in [2.45, 2.75) is 26.7 Å². The van der Waals surface area contributed by atoms with Gasteiger partial charge in [0.2, 0.25) is 5.91 Å². The van der Waals surface area contributed by atoms with Crippen LogP contribution in [0, 0.1) is 0 Å². The topological polar surface area (TPSA) is 82.1 Å². The monoisotopic (exact) mass is 361 g/mol. The molecule has 1 aromatic carbocycles. The van der Waals surface area contributed by atoms with Crippen molar-refractivity contribution >= 4 is 23.9 Å². The maximum Gasteiger partial charge on any atom is 0.331 e. The van der Waals surface area contributed by atoms with Gasteiger partial charge < -0.3 is 14.2 Å². The van der Waals surface area contributed by atoms with Crippen molar-refractivity contribution in [3.05, 3.63) is 29.8 Å². The Morgan fingerprint density at radius 3 is 2.54 bits per heavy atom. The predicted molar refractivity (Wildman–Crippen MR) is 94.7 cm³/mol. The van der Waals surface area contributed by atoms with Crippen molar-refractivity contribution in [1.29, 1.82) is 0 Å². The standard InChI is InChI=1S/C19H23NO6/c1-3-24-15-9-7-14(12-16(15)25-4-2)8-10-19(23)26-13-18(22)20-11-5-6-17(20)21/h7-10,12H,3-6,11,13H2,1-2H3/b10-8+. The largest absolute Gasteiger partial charge is 0.490 e. The fourth-order valence-electron chi connectivity index (χ4n) is 2.51. The van der Waals surface area contributed by atoms with Crippen LogP contribution >= 0.6 is 0 Å². The molecule has 2 rings (SSSR count). The van der Waals surface area contributed by atoms with E-state index in [4.69, 9.17) is 14.2 Å². The number of hydrogen-bond donors (Lipinski definition) is 0. The Kier molecular flexibility index (Phi) is 7.20. The zero-order valence-corrected chi connectivity index (χ0v) is 15.0. The number of carbonyl (C=O) groups is 3. The van der Waals surface area contributed by atoms with Gasteiger partial charge in [0.15, 0.2) is 18.1 Å². The van der Waals surface area contributed by atoms with Gasteiger partial charge in [-0.25, -0.2) is 4.79 Å². The van der Waals surface area contributed by atoms with Gasteiger partial charge in [-0.15, -0.1) is 0 Å². The number of carbonyl (C=O) groups excluding carboxylic acids is 3. The van der Waals surface area contributed by atoms with Crippen LogP contribution < -0.4 is 9.47 Å². The molecule has 0 atom stereocenters. The highest BCUT2D eigenvalue weighted by molar-refractivity contribution is 5.98. The van der Waals surface area contributed by atoms with Gasteiger partial charge in [0.1, 0.15) is 0 Å². The number of ether oxygens (including phenoxy) is 3. The first-order chi connectivity index (χ1) is 12.5. The number of hydrogen-bond acceptors (Lipinski definition) is 6. The lowest BCUT2D eigenvalue weighted by atomic mass is 10.2. The number of esters is 1. The molecule has 140 valence electrons. The molecule has 0 aliphatic carbocycles. The summed E-state index contributed by atoms with van der Waals surface area (Å²) in [6, 6.07) is 5.31. The quantitative estimate of drug-likeness (QED) is 0.521. The summed E-state index contributed by atoms with van der Waals surface area (Å²) in [5.41, 5.74) is 0.731. The number of likely N-dealkylation sites (tertiary alicyclic amines) is 1. The van der Waals surface area contributed by atoms with Gasteiger partial charge in [-0.1, -0.05) is 6.07 Å². The molecular formula is C19H23NO6. The highest BCUT2D eigenvalue weighted by Gasteiger charge is 2.26. The van der Waals surface area contributed by atoms with E-state index >= 15 is 0 Å². The van der Waals surface area contributed by atoms with Crippen molar-refractivity contribution in [2.75, 3.05) is 26.4 Å². The summed E-state index contributed by atoms with van der Waals surface area (Å²) in [6.45, 7) is 4.72. The second-order valence-electron chi connectivity index (χ2n) is 5.56. The van der Waals surface area contributed by atoms with Crippen LogP contribution in [0.1, 0.15) is 32.3 Å². The Morgan fingerprint density at radius 2 is 1.88 bits per heavy atom. The maximum atomic E-state index is 11.8. The lowest BCUT2D eigenvalue weighted by Gasteiger charge is -2.12. The molecular weight excluding hydrogens is 338 g/mol. The number of nitrogens with zero attached hydrogens (tertiary/aromatic N) is 1. The fourth-order valence-corrected chi connectivity index (χ4v) is 2.51. The van der Waals surface area contributed by atoms with E-state index in [2.05, 4.69) is 0 Å². The molecule has 1 aromatic rings. The van der Waals surface area contributed by atoms with Gasteiger partial charge >= 0.3 is 5.97 Å². The molecule has 26 heavy (non-hydrogen) atoms. The Labute approximate surface area is 152 Å². The minimum absolute atomic E-state index is 0.223. The van der Waals surface area contributed by atoms with Crippen LogP contribution in [0.25, 0.3) is 6.08 Å². The molecule has 1 aliphatic rings. The molecule has 2 amide bonds. The molecule has 1 saturated heterocycles. The van der Waals surface area contributed by atoms with Gasteiger partial charge in [0.05, 0.1) is 13.2 Å². The van der Waals surface area contributed by atoms with Crippen LogP contribution in [0.5, 0.6) is 11.5 Å². The number of imide groups is 1. The third-order valence-electron chi connectivity index (χ3n) is 3.69. The average Bonchev–Trinajstić information content (AvgIpc) is 3.06. The summed E-state index contributed by atoms with van der Waals surface area (Å²) in [7, 11) is 0. The van der Waals surface area contributed by atoms with Crippen LogP contribution in [0.4, 0.5) is 0 Å². The molecule has 7 heteroatoms. The zero-order chi connectivity index (χ0) is 18.9. The van der Waals surface area contributed by atoms with Gasteiger partial charge in [-0.2, -0.15) is 0 Å². The normalized spacial score (nSPS) is 13.9. The van der Waals surface area contributed by atoms with Crippen molar-refractivity contribution in [2.24, 2.45) is 0 Å². The number of benzene rings is 1. The SMILES string of the molecule is CCOc1ccc(/C=C/C(=O)OCC(=O)N2CCCC2=O)cc1OCC. The second kappa shape index (κ2) is 9.60. The highest BCUT2D eigenvalue weighted by Crippen LogP contribution is 2.29. The minimum Gasteiger partial charge on any atom is -0.490 e. The molecule has 1 aliphatic heterocycles. The summed E-state index contributed by atoms with van der Waals surface area (Å²) >= 11 is 0. The van der Waals surface area contributed by atoms with E-state index in [0.29, 0.717) is 44.1 Å². The molecule has 0 spiro atoms. The van der Waals surface area contributed by atoms with Crippen molar-refractivity contribution in [3.63, 3.8) is 0 Å². The molecule has 0 unspecified atom stereocenters. The second-order valence-corrected chi connectivity index (χ2v) is 5.56. The summed E-state index contributed by atoms with van der Waals surface area (Å²) in [4.78, 5) is 36.2. The summed E-state index contributed by atoms with van der Waals surface area (Å²) in [5, 5.41) is 0. The molecule has 7 nitrogen and oxygen atoms in total. The maximum absolute atomic E-state index is 11.8. The van der Waals surface area contributed by atoms with Gasteiger partial charge in [-0.05, 0) is 44.0 Å².